The quantitative estimate of drug-likeness (QED) is 0.509. The van der Waals surface area contributed by atoms with Crippen molar-refractivity contribution >= 4 is 34.4 Å². The van der Waals surface area contributed by atoms with Crippen molar-refractivity contribution < 1.29 is 14.4 Å². The Morgan fingerprint density at radius 1 is 1.03 bits per heavy atom. The first-order valence-electron chi connectivity index (χ1n) is 10.5. The van der Waals surface area contributed by atoms with Gasteiger partial charge in [-0.1, -0.05) is 36.4 Å². The number of nitrogens with one attached hydrogen (secondary N) is 2. The van der Waals surface area contributed by atoms with Crippen molar-refractivity contribution in [1.82, 2.24) is 14.9 Å². The highest BCUT2D eigenvalue weighted by molar-refractivity contribution is 6.09. The van der Waals surface area contributed by atoms with Gasteiger partial charge in [-0.3, -0.25) is 19.3 Å². The Kier molecular flexibility index (Phi) is 3.86. The predicted octanol–water partition coefficient (Wildman–Crippen LogP) is 2.98. The number of H-pyrrole nitrogens is 1. The standard InChI is InChI=1S/C24H20N4O3/c29-19(12-28-23(30)20-13-8-9-14(10-13)21(20)24(28)31)25-16-5-3-4-15(11-16)22-26-17-6-1-2-7-18(17)27-22/h1-9,11,13-14,20-21H,10,12H2,(H,25,29)(H,26,27). The van der Waals surface area contributed by atoms with Crippen LogP contribution in [0.5, 0.6) is 0 Å². The molecule has 0 spiro atoms. The summed E-state index contributed by atoms with van der Waals surface area (Å²) in [6.07, 6.45) is 4.97. The summed E-state index contributed by atoms with van der Waals surface area (Å²) in [4.78, 5) is 47.2. The number of benzene rings is 2. The molecule has 4 unspecified atom stereocenters. The van der Waals surface area contributed by atoms with Gasteiger partial charge in [-0.25, -0.2) is 4.98 Å². The van der Waals surface area contributed by atoms with E-state index in [0.717, 1.165) is 27.9 Å². The molecule has 1 saturated heterocycles. The van der Waals surface area contributed by atoms with Gasteiger partial charge in [0.15, 0.2) is 0 Å². The highest BCUT2D eigenvalue weighted by Crippen LogP contribution is 2.52. The van der Waals surface area contributed by atoms with Crippen molar-refractivity contribution in [2.24, 2.45) is 23.7 Å². The van der Waals surface area contributed by atoms with Crippen LogP contribution in [0.4, 0.5) is 5.69 Å². The number of aromatic nitrogens is 2. The molecule has 2 heterocycles. The number of anilines is 1. The van der Waals surface area contributed by atoms with Crippen molar-refractivity contribution in [2.45, 2.75) is 6.42 Å². The van der Waals surface area contributed by atoms with Crippen molar-refractivity contribution in [3.8, 4) is 11.4 Å². The van der Waals surface area contributed by atoms with Gasteiger partial charge in [0.1, 0.15) is 12.4 Å². The number of amides is 3. The van der Waals surface area contributed by atoms with Crippen LogP contribution in [-0.4, -0.2) is 39.1 Å². The van der Waals surface area contributed by atoms with E-state index >= 15 is 0 Å². The Morgan fingerprint density at radius 2 is 1.77 bits per heavy atom. The fraction of sp³-hybridized carbons (Fsp3) is 0.250. The number of carbonyl (C=O) groups is 3. The Balaban J connectivity index is 1.18. The van der Waals surface area contributed by atoms with Gasteiger partial charge < -0.3 is 10.3 Å². The molecule has 2 bridgehead atoms. The van der Waals surface area contributed by atoms with E-state index in [0.29, 0.717) is 11.5 Å². The van der Waals surface area contributed by atoms with Gasteiger partial charge in [0.25, 0.3) is 0 Å². The van der Waals surface area contributed by atoms with E-state index in [4.69, 9.17) is 0 Å². The fourth-order valence-electron chi connectivity index (χ4n) is 5.30. The molecule has 2 aromatic carbocycles. The Hall–Kier alpha value is -3.74. The molecule has 0 radical (unpaired) electrons. The molecule has 2 fully saturated rings. The number of aromatic amines is 1. The van der Waals surface area contributed by atoms with Crippen LogP contribution in [0.3, 0.4) is 0 Å². The molecule has 7 nitrogen and oxygen atoms in total. The number of para-hydroxylation sites is 2. The van der Waals surface area contributed by atoms with Crippen molar-refractivity contribution in [2.75, 3.05) is 11.9 Å². The summed E-state index contributed by atoms with van der Waals surface area (Å²) in [6, 6.07) is 15.1. The maximum Gasteiger partial charge on any atom is 0.244 e. The van der Waals surface area contributed by atoms with Crippen LogP contribution in [0.25, 0.3) is 22.4 Å². The normalized spacial score (nSPS) is 26.1. The van der Waals surface area contributed by atoms with Crippen molar-refractivity contribution in [3.63, 3.8) is 0 Å². The first-order chi connectivity index (χ1) is 15.1. The number of imide groups is 1. The van der Waals surface area contributed by atoms with Crippen LogP contribution < -0.4 is 5.32 Å². The van der Waals surface area contributed by atoms with Gasteiger partial charge in [0, 0.05) is 11.3 Å². The summed E-state index contributed by atoms with van der Waals surface area (Å²) in [5.41, 5.74) is 3.22. The number of hydrogen-bond acceptors (Lipinski definition) is 4. The van der Waals surface area contributed by atoms with E-state index in [9.17, 15) is 14.4 Å². The van der Waals surface area contributed by atoms with Crippen molar-refractivity contribution in [3.05, 3.63) is 60.7 Å². The molecule has 7 heteroatoms. The highest BCUT2D eigenvalue weighted by atomic mass is 16.2. The predicted molar refractivity (Wildman–Crippen MR) is 115 cm³/mol. The smallest absolute Gasteiger partial charge is 0.244 e. The summed E-state index contributed by atoms with van der Waals surface area (Å²) in [5.74, 6) is -0.392. The zero-order chi connectivity index (χ0) is 21.1. The number of hydrogen-bond donors (Lipinski definition) is 2. The second-order valence-corrected chi connectivity index (χ2v) is 8.49. The average molecular weight is 412 g/mol. The van der Waals surface area contributed by atoms with E-state index < -0.39 is 0 Å². The number of nitrogens with zero attached hydrogens (tertiary/aromatic N) is 2. The van der Waals surface area contributed by atoms with E-state index in [-0.39, 0.29) is 47.9 Å². The summed E-state index contributed by atoms with van der Waals surface area (Å²) >= 11 is 0. The first kappa shape index (κ1) is 18.1. The zero-order valence-electron chi connectivity index (χ0n) is 16.6. The van der Waals surface area contributed by atoms with E-state index in [2.05, 4.69) is 15.3 Å². The minimum atomic E-state index is -0.385. The van der Waals surface area contributed by atoms with Gasteiger partial charge >= 0.3 is 0 Å². The lowest BCUT2D eigenvalue weighted by Crippen LogP contribution is -2.39. The second-order valence-electron chi connectivity index (χ2n) is 8.49. The summed E-state index contributed by atoms with van der Waals surface area (Å²) in [6.45, 7) is -0.251. The number of carbonyl (C=O) groups excluding carboxylic acids is 3. The SMILES string of the molecule is O=C(CN1C(=O)C2C3C=CC(C3)C2C1=O)Nc1cccc(-c2nc3ccccc3[nH]2)c1. The number of rotatable bonds is 4. The number of likely N-dealkylation sites (tertiary alicyclic amines) is 1. The van der Waals surface area contributed by atoms with Crippen LogP contribution >= 0.6 is 0 Å². The van der Waals surface area contributed by atoms with Gasteiger partial charge in [-0.05, 0) is 42.5 Å². The molecule has 31 heavy (non-hydrogen) atoms. The second kappa shape index (κ2) is 6.63. The Morgan fingerprint density at radius 3 is 2.52 bits per heavy atom. The van der Waals surface area contributed by atoms with Crippen LogP contribution in [0.15, 0.2) is 60.7 Å². The number of allylic oxidation sites excluding steroid dienone is 2. The lowest BCUT2D eigenvalue weighted by Gasteiger charge is -2.17. The lowest BCUT2D eigenvalue weighted by atomic mass is 9.85. The number of imidazole rings is 1. The minimum absolute atomic E-state index is 0.139. The summed E-state index contributed by atoms with van der Waals surface area (Å²) in [7, 11) is 0. The molecule has 3 aliphatic rings. The molecule has 2 N–H and O–H groups in total. The highest BCUT2D eigenvalue weighted by Gasteiger charge is 2.59. The molecule has 3 aromatic rings. The van der Waals surface area contributed by atoms with Gasteiger partial charge in [-0.2, -0.15) is 0 Å². The summed E-state index contributed by atoms with van der Waals surface area (Å²) in [5, 5.41) is 2.82. The largest absolute Gasteiger partial charge is 0.338 e. The van der Waals surface area contributed by atoms with E-state index in [1.807, 2.05) is 54.6 Å². The molecule has 1 aliphatic heterocycles. The molecule has 154 valence electrons. The van der Waals surface area contributed by atoms with Crippen molar-refractivity contribution in [1.29, 1.82) is 0 Å². The third-order valence-electron chi connectivity index (χ3n) is 6.67. The average Bonchev–Trinajstić information content (AvgIpc) is 3.53. The molecular formula is C24H20N4O3. The Labute approximate surface area is 178 Å². The van der Waals surface area contributed by atoms with Crippen LogP contribution in [0.2, 0.25) is 0 Å². The van der Waals surface area contributed by atoms with E-state index in [1.165, 1.54) is 0 Å². The molecule has 1 aromatic heterocycles. The Bertz CT molecular complexity index is 1210. The topological polar surface area (TPSA) is 95.2 Å². The third-order valence-corrected chi connectivity index (χ3v) is 6.67. The van der Waals surface area contributed by atoms with Crippen LogP contribution in [0, 0.1) is 23.7 Å². The van der Waals surface area contributed by atoms with Crippen LogP contribution in [-0.2, 0) is 14.4 Å². The van der Waals surface area contributed by atoms with E-state index in [1.54, 1.807) is 6.07 Å². The third kappa shape index (κ3) is 2.80. The maximum absolute atomic E-state index is 12.8. The molecule has 6 rings (SSSR count). The van der Waals surface area contributed by atoms with Crippen LogP contribution in [0.1, 0.15) is 6.42 Å². The van der Waals surface area contributed by atoms with Gasteiger partial charge in [0.05, 0.1) is 22.9 Å². The zero-order valence-corrected chi connectivity index (χ0v) is 16.6. The monoisotopic (exact) mass is 412 g/mol. The molecule has 3 amide bonds. The molecule has 4 atom stereocenters. The minimum Gasteiger partial charge on any atom is -0.338 e. The first-order valence-corrected chi connectivity index (χ1v) is 10.5. The molecule has 1 saturated carbocycles. The maximum atomic E-state index is 12.8. The summed E-state index contributed by atoms with van der Waals surface area (Å²) < 4.78 is 0. The molecular weight excluding hydrogens is 392 g/mol. The lowest BCUT2D eigenvalue weighted by molar-refractivity contribution is -0.143. The van der Waals surface area contributed by atoms with Gasteiger partial charge in [-0.15, -0.1) is 0 Å². The fourth-order valence-corrected chi connectivity index (χ4v) is 5.30. The number of fused-ring (bicyclic) bond motifs is 6. The molecule has 2 aliphatic carbocycles. The van der Waals surface area contributed by atoms with Gasteiger partial charge in [0.2, 0.25) is 17.7 Å².